The van der Waals surface area contributed by atoms with Crippen molar-refractivity contribution in [3.63, 3.8) is 0 Å². The van der Waals surface area contributed by atoms with E-state index in [1.807, 2.05) is 23.0 Å². The third kappa shape index (κ3) is 4.18. The number of rotatable bonds is 7. The number of hydroxylamine groups is 2. The third-order valence-corrected chi connectivity index (χ3v) is 6.04. The van der Waals surface area contributed by atoms with E-state index in [1.54, 1.807) is 13.9 Å². The molecule has 1 unspecified atom stereocenters. The molecule has 1 N–H and O–H groups in total. The van der Waals surface area contributed by atoms with Gasteiger partial charge in [-0.25, -0.2) is 0 Å². The maximum atomic E-state index is 10.3. The molecular weight excluding hydrogens is 355 g/mol. The zero-order chi connectivity index (χ0) is 20.5. The highest BCUT2D eigenvalue weighted by Gasteiger charge is 2.44. The number of piperidine rings is 1. The van der Waals surface area contributed by atoms with E-state index in [4.69, 9.17) is 14.3 Å². The summed E-state index contributed by atoms with van der Waals surface area (Å²) in [4.78, 5) is 8.49. The molecule has 0 aromatic heterocycles. The van der Waals surface area contributed by atoms with Crippen LogP contribution >= 0.6 is 0 Å². The second-order valence-corrected chi connectivity index (χ2v) is 9.29. The summed E-state index contributed by atoms with van der Waals surface area (Å²) in [6.07, 6.45) is 3.47. The Bertz CT molecular complexity index is 664. The number of hydrogen-bond donors (Lipinski definition) is 1. The van der Waals surface area contributed by atoms with Crippen LogP contribution in [-0.2, 0) is 9.57 Å². The molecule has 2 aliphatic rings. The van der Waals surface area contributed by atoms with Gasteiger partial charge in [0.2, 0.25) is 0 Å². The zero-order valence-corrected chi connectivity index (χ0v) is 18.2. The van der Waals surface area contributed by atoms with Crippen LogP contribution in [0.1, 0.15) is 58.4 Å². The zero-order valence-electron chi connectivity index (χ0n) is 18.2. The minimum absolute atomic E-state index is 0.000784. The molecule has 0 spiro atoms. The van der Waals surface area contributed by atoms with Gasteiger partial charge in [-0.05, 0) is 65.9 Å². The molecular formula is C21H35BN2O4. The van der Waals surface area contributed by atoms with E-state index in [0.717, 1.165) is 29.8 Å². The lowest BCUT2D eigenvalue weighted by molar-refractivity contribution is -0.282. The molecule has 0 aliphatic carbocycles. The average Bonchev–Trinajstić information content (AvgIpc) is 2.98. The number of ether oxygens (including phenoxy) is 2. The van der Waals surface area contributed by atoms with E-state index in [0.29, 0.717) is 13.2 Å². The Morgan fingerprint density at radius 1 is 1.18 bits per heavy atom. The van der Waals surface area contributed by atoms with Gasteiger partial charge in [0.15, 0.2) is 6.79 Å². The van der Waals surface area contributed by atoms with Crippen molar-refractivity contribution in [3.8, 4) is 5.75 Å². The van der Waals surface area contributed by atoms with Crippen LogP contribution in [0, 0.1) is 0 Å². The quantitative estimate of drug-likeness (QED) is 0.567. The van der Waals surface area contributed by atoms with Gasteiger partial charge in [0.1, 0.15) is 5.75 Å². The molecule has 2 heterocycles. The van der Waals surface area contributed by atoms with Crippen LogP contribution in [0.25, 0.3) is 0 Å². The van der Waals surface area contributed by atoms with Crippen molar-refractivity contribution in [2.24, 2.45) is 0 Å². The van der Waals surface area contributed by atoms with Gasteiger partial charge in [-0.3, -0.25) is 4.84 Å². The maximum absolute atomic E-state index is 10.3. The SMILES string of the molecule is COCOc1cccc2c1C(CON1C(C)(C)CCCC1(C)C)CN2B(C)O. The molecule has 1 atom stereocenters. The normalized spacial score (nSPS) is 23.5. The maximum Gasteiger partial charge on any atom is 0.409 e. The molecule has 1 aromatic carbocycles. The van der Waals surface area contributed by atoms with Crippen LogP contribution < -0.4 is 9.55 Å². The molecule has 3 rings (SSSR count). The molecule has 1 saturated heterocycles. The first-order valence-corrected chi connectivity index (χ1v) is 10.3. The van der Waals surface area contributed by atoms with Crippen LogP contribution in [0.15, 0.2) is 18.2 Å². The second kappa shape index (κ2) is 8.23. The van der Waals surface area contributed by atoms with Gasteiger partial charge in [0.05, 0.1) is 6.61 Å². The molecule has 28 heavy (non-hydrogen) atoms. The molecule has 6 nitrogen and oxygen atoms in total. The highest BCUT2D eigenvalue weighted by atomic mass is 16.7. The molecule has 0 bridgehead atoms. The van der Waals surface area contributed by atoms with Crippen LogP contribution in [0.5, 0.6) is 5.75 Å². The largest absolute Gasteiger partial charge is 0.467 e. The number of nitrogens with zero attached hydrogens (tertiary/aromatic N) is 2. The van der Waals surface area contributed by atoms with E-state index in [-0.39, 0.29) is 23.8 Å². The Balaban J connectivity index is 1.83. The third-order valence-electron chi connectivity index (χ3n) is 6.04. The van der Waals surface area contributed by atoms with Gasteiger partial charge in [-0.15, -0.1) is 0 Å². The fourth-order valence-electron chi connectivity index (χ4n) is 4.85. The van der Waals surface area contributed by atoms with Crippen molar-refractivity contribution >= 4 is 12.7 Å². The Morgan fingerprint density at radius 3 is 2.46 bits per heavy atom. The van der Waals surface area contributed by atoms with Gasteiger partial charge in [-0.1, -0.05) is 6.07 Å². The summed E-state index contributed by atoms with van der Waals surface area (Å²) in [6.45, 7) is 12.3. The average molecular weight is 390 g/mol. The van der Waals surface area contributed by atoms with E-state index < -0.39 is 7.05 Å². The van der Waals surface area contributed by atoms with E-state index >= 15 is 0 Å². The van der Waals surface area contributed by atoms with E-state index in [9.17, 15) is 5.02 Å². The monoisotopic (exact) mass is 390 g/mol. The number of fused-ring (bicyclic) bond motifs is 1. The molecule has 0 saturated carbocycles. The topological polar surface area (TPSA) is 54.4 Å². The number of benzene rings is 1. The first-order valence-electron chi connectivity index (χ1n) is 10.3. The minimum atomic E-state index is -0.565. The lowest BCUT2D eigenvalue weighted by atomic mass is 9.82. The summed E-state index contributed by atoms with van der Waals surface area (Å²) >= 11 is 0. The number of hydrogen-bond acceptors (Lipinski definition) is 6. The molecule has 156 valence electrons. The van der Waals surface area contributed by atoms with Crippen molar-refractivity contribution in [2.75, 3.05) is 31.9 Å². The van der Waals surface area contributed by atoms with Crippen molar-refractivity contribution in [1.82, 2.24) is 5.06 Å². The molecule has 1 aromatic rings. The summed E-state index contributed by atoms with van der Waals surface area (Å²) in [7, 11) is 1.05. The van der Waals surface area contributed by atoms with Gasteiger partial charge in [0.25, 0.3) is 0 Å². The van der Waals surface area contributed by atoms with Crippen molar-refractivity contribution in [3.05, 3.63) is 23.8 Å². The van der Waals surface area contributed by atoms with Gasteiger partial charge in [0, 0.05) is 41.9 Å². The lowest BCUT2D eigenvalue weighted by Gasteiger charge is -2.51. The summed E-state index contributed by atoms with van der Waals surface area (Å²) in [5.74, 6) is 0.916. The van der Waals surface area contributed by atoms with Crippen molar-refractivity contribution in [2.45, 2.75) is 70.8 Å². The number of methoxy groups -OCH3 is 1. The van der Waals surface area contributed by atoms with Gasteiger partial charge < -0.3 is 19.3 Å². The molecule has 1 fully saturated rings. The Labute approximate surface area is 169 Å². The summed E-state index contributed by atoms with van der Waals surface area (Å²) in [5.41, 5.74) is 2.10. The first-order chi connectivity index (χ1) is 13.2. The van der Waals surface area contributed by atoms with E-state index in [1.165, 1.54) is 6.42 Å². The summed E-state index contributed by atoms with van der Waals surface area (Å²) in [6, 6.07) is 5.96. The summed E-state index contributed by atoms with van der Waals surface area (Å²) < 4.78 is 10.9. The molecule has 0 amide bonds. The Kier molecular flexibility index (Phi) is 6.30. The number of anilines is 1. The van der Waals surface area contributed by atoms with Gasteiger partial charge >= 0.3 is 7.05 Å². The van der Waals surface area contributed by atoms with Gasteiger partial charge in [-0.2, -0.15) is 5.06 Å². The Hall–Kier alpha value is -1.28. The smallest absolute Gasteiger partial charge is 0.409 e. The minimum Gasteiger partial charge on any atom is -0.467 e. The summed E-state index contributed by atoms with van der Waals surface area (Å²) in [5, 5.41) is 12.5. The van der Waals surface area contributed by atoms with Crippen molar-refractivity contribution in [1.29, 1.82) is 0 Å². The second-order valence-electron chi connectivity index (χ2n) is 9.29. The lowest BCUT2D eigenvalue weighted by Crippen LogP contribution is -2.58. The standard InChI is InChI=1S/C21H35BN2O4/c1-20(2)11-8-12-21(3,4)24(20)28-14-16-13-23(22(5)25)17-9-7-10-18(19(16)17)27-15-26-6/h7,9-10,16,25H,8,11-15H2,1-6H3. The molecule has 2 aliphatic heterocycles. The molecule has 0 radical (unpaired) electrons. The Morgan fingerprint density at radius 2 is 1.86 bits per heavy atom. The van der Waals surface area contributed by atoms with Crippen LogP contribution in [0.2, 0.25) is 6.82 Å². The van der Waals surface area contributed by atoms with Crippen molar-refractivity contribution < 1.29 is 19.3 Å². The van der Waals surface area contributed by atoms with Crippen LogP contribution in [0.4, 0.5) is 5.69 Å². The fourth-order valence-corrected chi connectivity index (χ4v) is 4.85. The first kappa shape index (κ1) is 21.4. The molecule has 7 heteroatoms. The highest BCUT2D eigenvalue weighted by molar-refractivity contribution is 6.54. The highest BCUT2D eigenvalue weighted by Crippen LogP contribution is 2.44. The van der Waals surface area contributed by atoms with E-state index in [2.05, 4.69) is 32.8 Å². The predicted molar refractivity (Wildman–Crippen MR) is 113 cm³/mol. The fraction of sp³-hybridized carbons (Fsp3) is 0.714. The van der Waals surface area contributed by atoms with Crippen LogP contribution in [0.3, 0.4) is 0 Å². The van der Waals surface area contributed by atoms with Crippen LogP contribution in [-0.4, -0.2) is 55.3 Å². The predicted octanol–water partition coefficient (Wildman–Crippen LogP) is 3.66.